The maximum Gasteiger partial charge on any atom is 0.354 e. The smallest absolute Gasteiger partial charge is 0.354 e. The normalized spacial score (nSPS) is 19.2. The molecule has 0 saturated carbocycles. The van der Waals surface area contributed by atoms with Crippen LogP contribution in [0.15, 0.2) is 6.20 Å². The van der Waals surface area contributed by atoms with Gasteiger partial charge in [-0.15, -0.1) is 0 Å². The van der Waals surface area contributed by atoms with E-state index in [0.717, 1.165) is 13.0 Å². The molecule has 2 N–H and O–H groups in total. The van der Waals surface area contributed by atoms with Crippen LogP contribution in [0.1, 0.15) is 23.8 Å². The predicted molar refractivity (Wildman–Crippen MR) is 57.7 cm³/mol. The van der Waals surface area contributed by atoms with E-state index >= 15 is 0 Å². The van der Waals surface area contributed by atoms with Gasteiger partial charge >= 0.3 is 5.97 Å². The summed E-state index contributed by atoms with van der Waals surface area (Å²) < 4.78 is 6.90. The first-order valence-electron chi connectivity index (χ1n) is 5.36. The van der Waals surface area contributed by atoms with Gasteiger partial charge in [0.15, 0.2) is 0 Å². The molecule has 0 spiro atoms. The Kier molecular flexibility index (Phi) is 3.09. The molecule has 1 fully saturated rings. The fraction of sp³-hybridized carbons (Fsp3) is 0.600. The van der Waals surface area contributed by atoms with Crippen molar-refractivity contribution in [2.45, 2.75) is 26.0 Å². The maximum atomic E-state index is 10.9. The number of carbonyl (C=O) groups is 1. The van der Waals surface area contributed by atoms with Gasteiger partial charge in [0.25, 0.3) is 0 Å². The monoisotopic (exact) mass is 225 g/mol. The van der Waals surface area contributed by atoms with Gasteiger partial charge in [0.1, 0.15) is 5.69 Å². The van der Waals surface area contributed by atoms with E-state index in [1.807, 2.05) is 6.92 Å². The number of imidazole rings is 1. The van der Waals surface area contributed by atoms with Crippen molar-refractivity contribution in [1.29, 1.82) is 0 Å². The van der Waals surface area contributed by atoms with Gasteiger partial charge in [-0.3, -0.25) is 0 Å². The molecule has 2 rings (SSSR count). The minimum absolute atomic E-state index is 0.208. The molecule has 1 atom stereocenters. The van der Waals surface area contributed by atoms with Gasteiger partial charge in [0.05, 0.1) is 12.3 Å². The number of hydrogen-bond donors (Lipinski definition) is 2. The molecule has 88 valence electrons. The molecular formula is C10H15N3O3. The highest BCUT2D eigenvalue weighted by Gasteiger charge is 2.19. The van der Waals surface area contributed by atoms with E-state index in [9.17, 15) is 4.79 Å². The Balaban J connectivity index is 2.04. The summed E-state index contributed by atoms with van der Waals surface area (Å²) in [5, 5.41) is 12.0. The average Bonchev–Trinajstić information content (AvgIpc) is 2.58. The first-order valence-corrected chi connectivity index (χ1v) is 5.36. The summed E-state index contributed by atoms with van der Waals surface area (Å²) in [6.07, 6.45) is 2.65. The molecule has 1 aliphatic rings. The van der Waals surface area contributed by atoms with Crippen molar-refractivity contribution in [3.05, 3.63) is 11.9 Å². The van der Waals surface area contributed by atoms with Gasteiger partial charge < -0.3 is 19.7 Å². The fourth-order valence-electron chi connectivity index (χ4n) is 1.66. The van der Waals surface area contributed by atoms with Gasteiger partial charge in [-0.1, -0.05) is 0 Å². The minimum Gasteiger partial charge on any atom is -0.477 e. The number of hydrogen-bond acceptors (Lipinski definition) is 4. The van der Waals surface area contributed by atoms with Crippen LogP contribution < -0.4 is 5.32 Å². The molecule has 1 unspecified atom stereocenters. The topological polar surface area (TPSA) is 76.4 Å². The van der Waals surface area contributed by atoms with Gasteiger partial charge in [0, 0.05) is 19.7 Å². The number of carboxylic acids is 1. The third kappa shape index (κ3) is 2.01. The molecule has 0 aromatic carbocycles. The fourth-order valence-corrected chi connectivity index (χ4v) is 1.66. The van der Waals surface area contributed by atoms with Crippen LogP contribution in [-0.2, 0) is 11.3 Å². The summed E-state index contributed by atoms with van der Waals surface area (Å²) in [7, 11) is 0. The van der Waals surface area contributed by atoms with Gasteiger partial charge in [-0.05, 0) is 13.3 Å². The van der Waals surface area contributed by atoms with Gasteiger partial charge in [0.2, 0.25) is 5.95 Å². The van der Waals surface area contributed by atoms with Crippen LogP contribution >= 0.6 is 0 Å². The van der Waals surface area contributed by atoms with Crippen LogP contribution in [0.3, 0.4) is 0 Å². The van der Waals surface area contributed by atoms with E-state index in [1.54, 1.807) is 4.57 Å². The summed E-state index contributed by atoms with van der Waals surface area (Å²) in [5.74, 6) is -0.363. The molecule has 0 bridgehead atoms. The number of carboxylic acid groups (broad SMARTS) is 1. The second-order valence-electron chi connectivity index (χ2n) is 3.68. The van der Waals surface area contributed by atoms with E-state index < -0.39 is 5.97 Å². The summed E-state index contributed by atoms with van der Waals surface area (Å²) >= 11 is 0. The molecule has 1 aliphatic heterocycles. The summed E-state index contributed by atoms with van der Waals surface area (Å²) in [5.41, 5.74) is 0.208. The second-order valence-corrected chi connectivity index (χ2v) is 3.68. The van der Waals surface area contributed by atoms with Crippen molar-refractivity contribution in [1.82, 2.24) is 9.55 Å². The molecule has 6 nitrogen and oxygen atoms in total. The lowest BCUT2D eigenvalue weighted by Crippen LogP contribution is -2.34. The molecule has 0 radical (unpaired) electrons. The SMILES string of the molecule is CCn1c(C(=O)O)cnc1NCC1CCO1. The van der Waals surface area contributed by atoms with Crippen LogP contribution in [0.2, 0.25) is 0 Å². The van der Waals surface area contributed by atoms with Crippen LogP contribution in [-0.4, -0.2) is 39.9 Å². The lowest BCUT2D eigenvalue weighted by molar-refractivity contribution is -0.0411. The van der Waals surface area contributed by atoms with Crippen molar-refractivity contribution in [3.63, 3.8) is 0 Å². The molecule has 2 heterocycles. The quantitative estimate of drug-likeness (QED) is 0.775. The summed E-state index contributed by atoms with van der Waals surface area (Å²) in [6.45, 7) is 3.96. The van der Waals surface area contributed by atoms with Crippen molar-refractivity contribution < 1.29 is 14.6 Å². The van der Waals surface area contributed by atoms with Crippen molar-refractivity contribution in [2.75, 3.05) is 18.5 Å². The van der Waals surface area contributed by atoms with Crippen molar-refractivity contribution in [3.8, 4) is 0 Å². The predicted octanol–water partition coefficient (Wildman–Crippen LogP) is 0.802. The lowest BCUT2D eigenvalue weighted by atomic mass is 10.2. The second kappa shape index (κ2) is 4.52. The Labute approximate surface area is 93.2 Å². The van der Waals surface area contributed by atoms with Gasteiger partial charge in [-0.2, -0.15) is 0 Å². The summed E-state index contributed by atoms with van der Waals surface area (Å²) in [4.78, 5) is 14.9. The molecule has 1 saturated heterocycles. The van der Waals surface area contributed by atoms with Crippen molar-refractivity contribution in [2.24, 2.45) is 0 Å². The zero-order valence-corrected chi connectivity index (χ0v) is 9.14. The van der Waals surface area contributed by atoms with E-state index in [4.69, 9.17) is 9.84 Å². The summed E-state index contributed by atoms with van der Waals surface area (Å²) in [6, 6.07) is 0. The minimum atomic E-state index is -0.956. The molecule has 1 aromatic rings. The number of aromatic carboxylic acids is 1. The molecule has 0 aliphatic carbocycles. The molecule has 16 heavy (non-hydrogen) atoms. The van der Waals surface area contributed by atoms with Gasteiger partial charge in [-0.25, -0.2) is 9.78 Å². The zero-order chi connectivity index (χ0) is 11.5. The number of rotatable bonds is 5. The molecule has 6 heteroatoms. The number of aromatic nitrogens is 2. The third-order valence-corrected chi connectivity index (χ3v) is 2.67. The first-order chi connectivity index (χ1) is 7.72. The van der Waals surface area contributed by atoms with Crippen LogP contribution in [0.5, 0.6) is 0 Å². The van der Waals surface area contributed by atoms with E-state index in [1.165, 1.54) is 6.20 Å². The number of nitrogens with zero attached hydrogens (tertiary/aromatic N) is 2. The number of nitrogens with one attached hydrogen (secondary N) is 1. The first kappa shape index (κ1) is 10.9. The van der Waals surface area contributed by atoms with Crippen LogP contribution in [0, 0.1) is 0 Å². The van der Waals surface area contributed by atoms with E-state index in [2.05, 4.69) is 10.3 Å². The Hall–Kier alpha value is -1.56. The third-order valence-electron chi connectivity index (χ3n) is 2.67. The average molecular weight is 225 g/mol. The van der Waals surface area contributed by atoms with Crippen LogP contribution in [0.4, 0.5) is 5.95 Å². The van der Waals surface area contributed by atoms with Crippen molar-refractivity contribution >= 4 is 11.9 Å². The Morgan fingerprint density at radius 3 is 3.06 bits per heavy atom. The highest BCUT2D eigenvalue weighted by Crippen LogP contribution is 2.14. The molecule has 0 amide bonds. The zero-order valence-electron chi connectivity index (χ0n) is 9.14. The Bertz CT molecular complexity index is 385. The highest BCUT2D eigenvalue weighted by atomic mass is 16.5. The maximum absolute atomic E-state index is 10.9. The molecular weight excluding hydrogens is 210 g/mol. The standard InChI is InChI=1S/C10H15N3O3/c1-2-13-8(9(14)15)6-12-10(13)11-5-7-3-4-16-7/h6-7H,2-5H2,1H3,(H,11,12)(H,14,15). The highest BCUT2D eigenvalue weighted by molar-refractivity contribution is 5.86. The van der Waals surface area contributed by atoms with Crippen LogP contribution in [0.25, 0.3) is 0 Å². The van der Waals surface area contributed by atoms with E-state index in [0.29, 0.717) is 19.0 Å². The lowest BCUT2D eigenvalue weighted by Gasteiger charge is -2.26. The Morgan fingerprint density at radius 1 is 1.81 bits per heavy atom. The largest absolute Gasteiger partial charge is 0.477 e. The Morgan fingerprint density at radius 2 is 2.56 bits per heavy atom. The number of anilines is 1. The molecule has 1 aromatic heterocycles. The van der Waals surface area contributed by atoms with E-state index in [-0.39, 0.29) is 11.8 Å². The number of ether oxygens (including phenoxy) is 1.